The van der Waals surface area contributed by atoms with Crippen molar-refractivity contribution in [3.05, 3.63) is 102 Å². The number of hydrogen-bond donors (Lipinski definition) is 17. The van der Waals surface area contributed by atoms with E-state index in [0.29, 0.717) is 34.0 Å². The summed E-state index contributed by atoms with van der Waals surface area (Å²) in [7, 11) is 1.66. The Morgan fingerprint density at radius 1 is 0.580 bits per heavy atom. The van der Waals surface area contributed by atoms with Crippen LogP contribution in [0.15, 0.2) is 85.1 Å². The van der Waals surface area contributed by atoms with Crippen molar-refractivity contribution in [2.75, 3.05) is 96.6 Å². The van der Waals surface area contributed by atoms with Gasteiger partial charge in [0.05, 0.1) is 38.4 Å². The molecule has 2 aliphatic rings. The summed E-state index contributed by atoms with van der Waals surface area (Å²) < 4.78 is 0. The van der Waals surface area contributed by atoms with Crippen molar-refractivity contribution in [3.63, 3.8) is 0 Å². The monoisotopic (exact) mass is 1430 g/mol. The van der Waals surface area contributed by atoms with E-state index in [1.807, 2.05) is 0 Å². The van der Waals surface area contributed by atoms with Crippen molar-refractivity contribution < 1.29 is 93.3 Å². The zero-order valence-electron chi connectivity index (χ0n) is 55.4. The summed E-state index contributed by atoms with van der Waals surface area (Å²) in [4.78, 5) is 176. The highest BCUT2D eigenvalue weighted by atomic mass is 33.1. The molecule has 3 unspecified atom stereocenters. The second kappa shape index (κ2) is 40.3. The van der Waals surface area contributed by atoms with Crippen LogP contribution in [0.1, 0.15) is 49.8 Å². The number of aromatic nitrogens is 1. The molecule has 10 atom stereocenters. The molecule has 3 heterocycles. The van der Waals surface area contributed by atoms with Crippen LogP contribution in [0.25, 0.3) is 10.9 Å². The largest absolute Gasteiger partial charge is 0.508 e. The molecule has 33 nitrogen and oxygen atoms in total. The predicted octanol–water partition coefficient (Wildman–Crippen LogP) is -3.37. The summed E-state index contributed by atoms with van der Waals surface area (Å²) in [6.07, 6.45) is -1.92. The van der Waals surface area contributed by atoms with E-state index in [0.717, 1.165) is 35.4 Å². The number of carboxylic acids is 4. The lowest BCUT2D eigenvalue weighted by Gasteiger charge is -2.33. The normalized spacial score (nSPS) is 21.9. The maximum absolute atomic E-state index is 15.3. The van der Waals surface area contributed by atoms with Crippen LogP contribution in [0.2, 0.25) is 0 Å². The molecule has 0 aliphatic carbocycles. The Hall–Kier alpha value is -8.94. The molecule has 0 spiro atoms. The zero-order chi connectivity index (χ0) is 73.0. The van der Waals surface area contributed by atoms with Crippen molar-refractivity contribution in [2.45, 2.75) is 113 Å². The van der Waals surface area contributed by atoms with Crippen molar-refractivity contribution >= 4 is 104 Å². The molecule has 0 bridgehead atoms. The van der Waals surface area contributed by atoms with Crippen LogP contribution in [0.3, 0.4) is 0 Å². The topological polar surface area (TPSA) is 497 Å². The van der Waals surface area contributed by atoms with E-state index < -0.39 is 163 Å². The number of phenolic OH excluding ortho intramolecular Hbond substituents is 1. The summed E-state index contributed by atoms with van der Waals surface area (Å²) in [6.45, 7) is 1.38. The first-order valence-corrected chi connectivity index (χ1v) is 35.0. The van der Waals surface area contributed by atoms with E-state index in [-0.39, 0.29) is 103 Å². The highest BCUT2D eigenvalue weighted by molar-refractivity contribution is 8.76. The zero-order valence-corrected chi connectivity index (χ0v) is 57.1. The number of amides is 8. The van der Waals surface area contributed by atoms with Gasteiger partial charge in [0.1, 0.15) is 48.0 Å². The number of fused-ring (bicyclic) bond motifs is 1. The van der Waals surface area contributed by atoms with Gasteiger partial charge in [-0.25, -0.2) is 4.79 Å². The molecule has 100 heavy (non-hydrogen) atoms. The number of aromatic amines is 1. The van der Waals surface area contributed by atoms with Gasteiger partial charge < -0.3 is 89.0 Å². The van der Waals surface area contributed by atoms with Crippen molar-refractivity contribution in [3.8, 4) is 5.75 Å². The highest BCUT2D eigenvalue weighted by Crippen LogP contribution is 2.25. The molecule has 546 valence electrons. The number of phenols is 1. The van der Waals surface area contributed by atoms with Crippen molar-refractivity contribution in [1.82, 2.24) is 67.1 Å². The highest BCUT2D eigenvalue weighted by Gasteiger charge is 2.38. The van der Waals surface area contributed by atoms with Crippen LogP contribution in [0.4, 0.5) is 0 Å². The number of nitrogens with two attached hydrogens (primary N) is 1. The average molecular weight is 1440 g/mol. The summed E-state index contributed by atoms with van der Waals surface area (Å²) in [5.74, 6) is -14.0. The third kappa shape index (κ3) is 26.6. The second-order valence-electron chi connectivity index (χ2n) is 24.5. The van der Waals surface area contributed by atoms with Gasteiger partial charge in [0, 0.05) is 100 Å². The molecule has 0 radical (unpaired) electrons. The van der Waals surface area contributed by atoms with Gasteiger partial charge in [-0.3, -0.25) is 72.3 Å². The second-order valence-corrected chi connectivity index (χ2v) is 27.0. The number of carbonyl (C=O) groups is 12. The van der Waals surface area contributed by atoms with Gasteiger partial charge in [0.15, 0.2) is 6.04 Å². The van der Waals surface area contributed by atoms with E-state index >= 15 is 14.4 Å². The summed E-state index contributed by atoms with van der Waals surface area (Å²) in [5.41, 5.74) is 7.96. The van der Waals surface area contributed by atoms with E-state index in [9.17, 15) is 78.9 Å². The minimum absolute atomic E-state index is 0.0426. The molecule has 35 heteroatoms. The number of nitrogens with zero attached hydrogens (tertiary/aromatic N) is 4. The molecule has 6 rings (SSSR count). The number of H-pyrrole nitrogens is 1. The lowest BCUT2D eigenvalue weighted by Crippen LogP contribution is -2.62. The number of aliphatic carboxylic acids is 4. The number of nitrogens with one attached hydrogen (secondary N) is 9. The Morgan fingerprint density at radius 2 is 1.10 bits per heavy atom. The number of aliphatic hydroxyl groups excluding tert-OH is 2. The molecular weight excluding hydrogens is 1340 g/mol. The van der Waals surface area contributed by atoms with Crippen molar-refractivity contribution in [1.29, 1.82) is 0 Å². The third-order valence-corrected chi connectivity index (χ3v) is 19.0. The van der Waals surface area contributed by atoms with Gasteiger partial charge in [-0.1, -0.05) is 82.3 Å². The number of benzene rings is 3. The SMILES string of the molecule is C[C@@H](O)C1NC(=O)[C@H](CCCCN)NC(=O)[C@@H](Cc2c[nH]c3ccccc23)NC(=O)C(Cc2ccc(O)cc2)NC(=O)[C@@H](NC(=O)[C@@H](Cc2ccccc2)NC(=O)CN2CCN(CC(=O)O)CCN(CC(=O)O)CCN(CC(=O)O)CC2)CSSCC(C(=O)N[C@H](C(=O)O)[C@@H](C)O)NC1=O. The molecule has 2 saturated heterocycles. The van der Waals surface area contributed by atoms with Crippen LogP contribution in [0, 0.1) is 0 Å². The number of para-hydroxylation sites is 1. The van der Waals surface area contributed by atoms with Gasteiger partial charge in [0.25, 0.3) is 0 Å². The van der Waals surface area contributed by atoms with Gasteiger partial charge in [-0.2, -0.15) is 0 Å². The Bertz CT molecular complexity index is 3410. The van der Waals surface area contributed by atoms with Crippen molar-refractivity contribution in [2.24, 2.45) is 5.73 Å². The van der Waals surface area contributed by atoms with Crippen LogP contribution in [0.5, 0.6) is 5.75 Å². The summed E-state index contributed by atoms with van der Waals surface area (Å²) in [6, 6.07) is 7.92. The predicted molar refractivity (Wildman–Crippen MR) is 367 cm³/mol. The molecule has 2 fully saturated rings. The molecule has 8 amide bonds. The number of carboxylic acid groups (broad SMARTS) is 4. The van der Waals surface area contributed by atoms with Crippen LogP contribution in [-0.4, -0.2) is 289 Å². The van der Waals surface area contributed by atoms with E-state index in [1.54, 1.807) is 80.4 Å². The summed E-state index contributed by atoms with van der Waals surface area (Å²) >= 11 is 0. The maximum atomic E-state index is 15.3. The first-order chi connectivity index (χ1) is 47.7. The third-order valence-electron chi connectivity index (χ3n) is 16.6. The van der Waals surface area contributed by atoms with Crippen LogP contribution < -0.4 is 48.3 Å². The Labute approximate surface area is 584 Å². The van der Waals surface area contributed by atoms with Crippen LogP contribution in [-0.2, 0) is 76.8 Å². The summed E-state index contributed by atoms with van der Waals surface area (Å²) in [5, 5.41) is 92.4. The quantitative estimate of drug-likeness (QED) is 0.0215. The molecule has 1 aromatic heterocycles. The van der Waals surface area contributed by atoms with Gasteiger partial charge in [-0.15, -0.1) is 0 Å². The Kier molecular flexibility index (Phi) is 32.3. The molecule has 18 N–H and O–H groups in total. The molecule has 4 aromatic rings. The lowest BCUT2D eigenvalue weighted by atomic mass is 10.0. The molecule has 2 aliphatic heterocycles. The first kappa shape index (κ1) is 80.0. The Morgan fingerprint density at radius 3 is 1.65 bits per heavy atom. The van der Waals surface area contributed by atoms with E-state index in [4.69, 9.17) is 5.73 Å². The smallest absolute Gasteiger partial charge is 0.328 e. The molecule has 3 aromatic carbocycles. The van der Waals surface area contributed by atoms with E-state index in [1.165, 1.54) is 24.3 Å². The van der Waals surface area contributed by atoms with Gasteiger partial charge in [-0.05, 0) is 74.5 Å². The number of aliphatic hydroxyl groups is 2. The molecule has 0 saturated carbocycles. The first-order valence-electron chi connectivity index (χ1n) is 32.5. The number of aromatic hydroxyl groups is 1. The van der Waals surface area contributed by atoms with Gasteiger partial charge in [0.2, 0.25) is 47.3 Å². The number of unbranched alkanes of at least 4 members (excludes halogenated alkanes) is 1. The fraction of sp³-hybridized carbons (Fsp3) is 0.508. The number of carbonyl (C=O) groups excluding carboxylic acids is 8. The minimum atomic E-state index is -1.91. The number of rotatable bonds is 26. The minimum Gasteiger partial charge on any atom is -0.508 e. The van der Waals surface area contributed by atoms with E-state index in [2.05, 4.69) is 47.5 Å². The average Bonchev–Trinajstić information content (AvgIpc) is 1.54. The molecular formula is C65H90N14O19S2. The van der Waals surface area contributed by atoms with Crippen LogP contribution >= 0.6 is 21.6 Å². The fourth-order valence-electron chi connectivity index (χ4n) is 11.1. The van der Waals surface area contributed by atoms with Gasteiger partial charge >= 0.3 is 23.9 Å². The standard InChI is InChI=1S/C65H90N14O19S2/c1-38(80)56-64(96)73-51(63(95)75-57(39(2)81)65(97)98)37-100-99-36-50(72-59(91)47(28-40-10-4-3-5-11-40)68-52(83)32-76-20-22-77(33-53(84)85)24-26-79(35-55(88)89)27-25-78(23-21-76)34-54(86)87)62(94)70-48(29-41-15-17-43(82)18-16-41)60(92)71-49(30-42-31-67-45-13-7-6-12-44(42)45)61(93)69-46(58(90)74-56)14-8-9-19-66/h3-7,10-13,15-18,31,38-39,46-51,56-57,67,80-82H,8-9,14,19-30,32-37,66H2,1-2H3,(H,68,83)(H,69,93)(H,70,94)(H,71,92)(H,72,91)(H,73,96)(H,74,90)(H,75,95)(H,84,85)(H,86,87)(H,88,89)(H,97,98)/t38-,39-,46+,47-,48?,49-,50+,51?,56?,57+/m1/s1. The number of hydrogen-bond acceptors (Lipinski definition) is 22. The Balaban J connectivity index is 1.41. The maximum Gasteiger partial charge on any atom is 0.328 e. The fourth-order valence-corrected chi connectivity index (χ4v) is 13.4. The lowest BCUT2D eigenvalue weighted by molar-refractivity contribution is -0.145.